The molecule has 1 N–H and O–H groups in total. The summed E-state index contributed by atoms with van der Waals surface area (Å²) in [6.07, 6.45) is 4.30. The molecule has 6 heteroatoms. The van der Waals surface area contributed by atoms with Crippen molar-refractivity contribution in [3.05, 3.63) is 100 Å². The molecule has 2 aromatic carbocycles. The third-order valence-corrected chi connectivity index (χ3v) is 5.15. The average Bonchev–Trinajstić information content (AvgIpc) is 3.16. The van der Waals surface area contributed by atoms with E-state index in [0.717, 1.165) is 11.8 Å². The molecule has 4 rings (SSSR count). The first-order valence-electron chi connectivity index (χ1n) is 9.85. The molecule has 0 spiro atoms. The predicted molar refractivity (Wildman–Crippen MR) is 116 cm³/mol. The van der Waals surface area contributed by atoms with Gasteiger partial charge in [-0.3, -0.25) is 9.59 Å². The lowest BCUT2D eigenvalue weighted by Gasteiger charge is -2.10. The van der Waals surface area contributed by atoms with Crippen molar-refractivity contribution in [2.45, 2.75) is 26.4 Å². The van der Waals surface area contributed by atoms with Crippen LogP contribution in [0.3, 0.4) is 0 Å². The lowest BCUT2D eigenvalue weighted by atomic mass is 10.1. The van der Waals surface area contributed by atoms with Gasteiger partial charge in [-0.25, -0.2) is 4.39 Å². The Hall–Kier alpha value is -3.67. The molecule has 0 radical (unpaired) electrons. The van der Waals surface area contributed by atoms with Crippen molar-refractivity contribution in [3.8, 4) is 0 Å². The fourth-order valence-electron chi connectivity index (χ4n) is 3.49. The molecule has 2 heterocycles. The highest BCUT2D eigenvalue weighted by Crippen LogP contribution is 2.16. The smallest absolute Gasteiger partial charge is 0.275 e. The molecule has 5 nitrogen and oxygen atoms in total. The number of hydrogen-bond acceptors (Lipinski definition) is 2. The fraction of sp³-hybridized carbons (Fsp3) is 0.167. The minimum Gasteiger partial charge on any atom is -0.338 e. The van der Waals surface area contributed by atoms with Crippen LogP contribution in [0.5, 0.6) is 0 Å². The van der Waals surface area contributed by atoms with Gasteiger partial charge in [0.1, 0.15) is 17.9 Å². The van der Waals surface area contributed by atoms with Gasteiger partial charge in [-0.2, -0.15) is 0 Å². The standard InChI is InChI=1S/C24H22FN3O2/c1-2-17-7-9-20(10-8-17)26-22(29)16-28-14-12-18-11-13-27(23(18)24(28)30)15-19-5-3-4-6-21(19)25/h3-14H,2,15-16H2,1H3,(H,26,29). The molecule has 0 bridgehead atoms. The molecule has 0 fully saturated rings. The Labute approximate surface area is 173 Å². The van der Waals surface area contributed by atoms with Crippen LogP contribution in [0.25, 0.3) is 10.9 Å². The lowest BCUT2D eigenvalue weighted by Crippen LogP contribution is -2.28. The van der Waals surface area contributed by atoms with Crippen LogP contribution in [-0.2, 0) is 24.3 Å². The van der Waals surface area contributed by atoms with Gasteiger partial charge in [0, 0.05) is 29.0 Å². The monoisotopic (exact) mass is 403 g/mol. The molecular formula is C24H22FN3O2. The number of halogens is 1. The third kappa shape index (κ3) is 4.03. The van der Waals surface area contributed by atoms with E-state index in [9.17, 15) is 14.0 Å². The molecular weight excluding hydrogens is 381 g/mol. The topological polar surface area (TPSA) is 56.0 Å². The van der Waals surface area contributed by atoms with E-state index in [1.165, 1.54) is 16.2 Å². The van der Waals surface area contributed by atoms with Gasteiger partial charge in [-0.15, -0.1) is 0 Å². The van der Waals surface area contributed by atoms with E-state index < -0.39 is 0 Å². The van der Waals surface area contributed by atoms with Crippen molar-refractivity contribution in [1.29, 1.82) is 0 Å². The van der Waals surface area contributed by atoms with Crippen LogP contribution in [0.2, 0.25) is 0 Å². The summed E-state index contributed by atoms with van der Waals surface area (Å²) in [6.45, 7) is 2.21. The Morgan fingerprint density at radius 3 is 2.37 bits per heavy atom. The van der Waals surface area contributed by atoms with Crippen molar-refractivity contribution in [2.24, 2.45) is 0 Å². The van der Waals surface area contributed by atoms with Crippen LogP contribution < -0.4 is 10.9 Å². The van der Waals surface area contributed by atoms with E-state index in [1.807, 2.05) is 30.3 Å². The van der Waals surface area contributed by atoms with Gasteiger partial charge in [0.05, 0.1) is 6.54 Å². The minimum atomic E-state index is -0.316. The normalized spacial score (nSPS) is 11.0. The molecule has 0 aliphatic heterocycles. The first kappa shape index (κ1) is 19.6. The second-order valence-corrected chi connectivity index (χ2v) is 7.19. The zero-order valence-electron chi connectivity index (χ0n) is 16.6. The molecule has 0 saturated carbocycles. The van der Waals surface area contributed by atoms with Crippen molar-refractivity contribution >= 4 is 22.5 Å². The van der Waals surface area contributed by atoms with E-state index in [4.69, 9.17) is 0 Å². The highest BCUT2D eigenvalue weighted by molar-refractivity contribution is 5.90. The van der Waals surface area contributed by atoms with Gasteiger partial charge in [-0.1, -0.05) is 37.3 Å². The quantitative estimate of drug-likeness (QED) is 0.525. The third-order valence-electron chi connectivity index (χ3n) is 5.15. The van der Waals surface area contributed by atoms with Crippen molar-refractivity contribution in [3.63, 3.8) is 0 Å². The summed E-state index contributed by atoms with van der Waals surface area (Å²) < 4.78 is 17.1. The number of carbonyl (C=O) groups excluding carboxylic acids is 1. The summed E-state index contributed by atoms with van der Waals surface area (Å²) in [5, 5.41) is 3.57. The number of aromatic nitrogens is 2. The molecule has 4 aromatic rings. The van der Waals surface area contributed by atoms with Crippen LogP contribution in [0.1, 0.15) is 18.1 Å². The van der Waals surface area contributed by atoms with Crippen molar-refractivity contribution < 1.29 is 9.18 Å². The lowest BCUT2D eigenvalue weighted by molar-refractivity contribution is -0.116. The Morgan fingerprint density at radius 2 is 1.67 bits per heavy atom. The number of anilines is 1. The number of nitrogens with zero attached hydrogens (tertiary/aromatic N) is 2. The maximum absolute atomic E-state index is 14.0. The van der Waals surface area contributed by atoms with Gasteiger partial charge in [0.15, 0.2) is 0 Å². The zero-order chi connectivity index (χ0) is 21.1. The first-order chi connectivity index (χ1) is 14.5. The summed E-state index contributed by atoms with van der Waals surface area (Å²) in [5.41, 5.74) is 2.53. The van der Waals surface area contributed by atoms with Gasteiger partial charge in [0.25, 0.3) is 5.56 Å². The van der Waals surface area contributed by atoms with Gasteiger partial charge in [0.2, 0.25) is 5.91 Å². The van der Waals surface area contributed by atoms with Crippen molar-refractivity contribution in [1.82, 2.24) is 9.13 Å². The maximum atomic E-state index is 14.0. The predicted octanol–water partition coefficient (Wildman–Crippen LogP) is 4.19. The summed E-state index contributed by atoms with van der Waals surface area (Å²) in [6, 6.07) is 17.7. The Bertz CT molecular complexity index is 1260. The number of hydrogen-bond donors (Lipinski definition) is 1. The molecule has 2 aromatic heterocycles. The second kappa shape index (κ2) is 8.37. The fourth-order valence-corrected chi connectivity index (χ4v) is 3.49. The zero-order valence-corrected chi connectivity index (χ0v) is 16.6. The summed E-state index contributed by atoms with van der Waals surface area (Å²) in [4.78, 5) is 25.5. The van der Waals surface area contributed by atoms with E-state index in [-0.39, 0.29) is 30.4 Å². The van der Waals surface area contributed by atoms with Gasteiger partial charge >= 0.3 is 0 Å². The summed E-state index contributed by atoms with van der Waals surface area (Å²) in [7, 11) is 0. The number of pyridine rings is 1. The number of aryl methyl sites for hydroxylation is 1. The van der Waals surface area contributed by atoms with Gasteiger partial charge < -0.3 is 14.5 Å². The Balaban J connectivity index is 1.57. The van der Waals surface area contributed by atoms with Crippen LogP contribution in [0, 0.1) is 5.82 Å². The summed E-state index contributed by atoms with van der Waals surface area (Å²) >= 11 is 0. The molecule has 0 aliphatic rings. The van der Waals surface area contributed by atoms with Crippen LogP contribution in [-0.4, -0.2) is 15.0 Å². The molecule has 1 amide bonds. The number of amides is 1. The number of fused-ring (bicyclic) bond motifs is 1. The average molecular weight is 403 g/mol. The van der Waals surface area contributed by atoms with E-state index in [2.05, 4.69) is 12.2 Å². The summed E-state index contributed by atoms with van der Waals surface area (Å²) in [5.74, 6) is -0.600. The maximum Gasteiger partial charge on any atom is 0.275 e. The molecule has 152 valence electrons. The second-order valence-electron chi connectivity index (χ2n) is 7.19. The van der Waals surface area contributed by atoms with Crippen molar-refractivity contribution in [2.75, 3.05) is 5.32 Å². The van der Waals surface area contributed by atoms with Crippen LogP contribution in [0.15, 0.2) is 77.9 Å². The molecule has 0 atom stereocenters. The molecule has 0 aliphatic carbocycles. The number of nitrogens with one attached hydrogen (secondary N) is 1. The van der Waals surface area contributed by atoms with E-state index in [0.29, 0.717) is 16.8 Å². The molecule has 0 saturated heterocycles. The highest BCUT2D eigenvalue weighted by atomic mass is 19.1. The van der Waals surface area contributed by atoms with Gasteiger partial charge in [-0.05, 0) is 42.3 Å². The Morgan fingerprint density at radius 1 is 0.967 bits per heavy atom. The first-order valence-corrected chi connectivity index (χ1v) is 9.85. The largest absolute Gasteiger partial charge is 0.338 e. The SMILES string of the molecule is CCc1ccc(NC(=O)Cn2ccc3ccn(Cc4ccccc4F)c3c2=O)cc1. The minimum absolute atomic E-state index is 0.102. The highest BCUT2D eigenvalue weighted by Gasteiger charge is 2.12. The Kier molecular flexibility index (Phi) is 5.48. The van der Waals surface area contributed by atoms with E-state index in [1.54, 1.807) is 41.2 Å². The van der Waals surface area contributed by atoms with Crippen LogP contribution >= 0.6 is 0 Å². The number of benzene rings is 2. The van der Waals surface area contributed by atoms with Crippen LogP contribution in [0.4, 0.5) is 10.1 Å². The number of carbonyl (C=O) groups is 1. The van der Waals surface area contributed by atoms with E-state index >= 15 is 0 Å². The number of rotatable bonds is 6. The molecule has 0 unspecified atom stereocenters. The molecule has 30 heavy (non-hydrogen) atoms.